The Morgan fingerprint density at radius 1 is 0.829 bits per heavy atom. The quantitative estimate of drug-likeness (QED) is 0.181. The Hall–Kier alpha value is -5.39. The summed E-state index contributed by atoms with van der Waals surface area (Å²) in [5.74, 6) is -2.11. The van der Waals surface area contributed by atoms with Crippen molar-refractivity contribution in [3.63, 3.8) is 0 Å². The van der Waals surface area contributed by atoms with Crippen LogP contribution in [0.1, 0.15) is 10.4 Å². The van der Waals surface area contributed by atoms with Gasteiger partial charge in [0.05, 0.1) is 21.5 Å². The van der Waals surface area contributed by atoms with Crippen molar-refractivity contribution in [2.75, 3.05) is 5.32 Å². The fourth-order valence-corrected chi connectivity index (χ4v) is 3.33. The van der Waals surface area contributed by atoms with E-state index in [0.717, 1.165) is 6.07 Å². The number of carbonyl (C=O) groups is 1. The van der Waals surface area contributed by atoms with E-state index in [1.54, 1.807) is 54.6 Å². The summed E-state index contributed by atoms with van der Waals surface area (Å²) in [6.07, 6.45) is 0. The summed E-state index contributed by atoms with van der Waals surface area (Å²) >= 11 is 0. The first kappa shape index (κ1) is 22.8. The molecule has 35 heavy (non-hydrogen) atoms. The highest BCUT2D eigenvalue weighted by atomic mass is 16.6. The van der Waals surface area contributed by atoms with Gasteiger partial charge in [0, 0.05) is 17.1 Å². The number of aromatic hydroxyl groups is 2. The van der Waals surface area contributed by atoms with E-state index in [9.17, 15) is 35.2 Å². The lowest BCUT2D eigenvalue weighted by atomic mass is 10.0. The number of carbonyl (C=O) groups excluding carboxylic acids is 1. The minimum Gasteiger partial charge on any atom is -0.505 e. The van der Waals surface area contributed by atoms with Crippen LogP contribution in [-0.4, -0.2) is 26.0 Å². The van der Waals surface area contributed by atoms with Gasteiger partial charge in [0.2, 0.25) is 5.75 Å². The lowest BCUT2D eigenvalue weighted by molar-refractivity contribution is -0.394. The molecule has 12 nitrogen and oxygen atoms in total. The number of fused-ring (bicyclic) bond motifs is 1. The average molecular weight is 473 g/mol. The molecule has 0 aliphatic carbocycles. The minimum atomic E-state index is -0.997. The van der Waals surface area contributed by atoms with Crippen LogP contribution in [0.2, 0.25) is 0 Å². The fourth-order valence-electron chi connectivity index (χ4n) is 3.33. The van der Waals surface area contributed by atoms with Crippen molar-refractivity contribution in [1.82, 2.24) is 0 Å². The number of phenolic OH excluding ortho intramolecular Hbond substituents is 2. The number of phenols is 2. The van der Waals surface area contributed by atoms with Gasteiger partial charge in [0.1, 0.15) is 11.4 Å². The van der Waals surface area contributed by atoms with Gasteiger partial charge in [0.25, 0.3) is 11.6 Å². The molecule has 4 aromatic carbocycles. The highest BCUT2D eigenvalue weighted by Gasteiger charge is 2.24. The Morgan fingerprint density at radius 2 is 1.51 bits per heavy atom. The van der Waals surface area contributed by atoms with Crippen LogP contribution in [0.25, 0.3) is 10.8 Å². The molecule has 0 aliphatic heterocycles. The number of rotatable bonds is 6. The van der Waals surface area contributed by atoms with Gasteiger partial charge in [-0.15, -0.1) is 10.2 Å². The number of amides is 1. The van der Waals surface area contributed by atoms with E-state index in [4.69, 9.17) is 0 Å². The van der Waals surface area contributed by atoms with Gasteiger partial charge in [-0.05, 0) is 23.6 Å². The van der Waals surface area contributed by atoms with Crippen molar-refractivity contribution in [2.45, 2.75) is 0 Å². The van der Waals surface area contributed by atoms with Crippen LogP contribution >= 0.6 is 0 Å². The first-order valence-electron chi connectivity index (χ1n) is 9.95. The molecule has 0 saturated carbocycles. The lowest BCUT2D eigenvalue weighted by Gasteiger charge is -2.11. The van der Waals surface area contributed by atoms with Crippen molar-refractivity contribution in [1.29, 1.82) is 0 Å². The van der Waals surface area contributed by atoms with E-state index in [0.29, 0.717) is 22.5 Å². The van der Waals surface area contributed by atoms with Crippen molar-refractivity contribution in [2.24, 2.45) is 10.2 Å². The van der Waals surface area contributed by atoms with Gasteiger partial charge in [-0.2, -0.15) is 0 Å². The van der Waals surface area contributed by atoms with E-state index >= 15 is 0 Å². The third-order valence-corrected chi connectivity index (χ3v) is 4.99. The van der Waals surface area contributed by atoms with Gasteiger partial charge < -0.3 is 15.5 Å². The zero-order valence-electron chi connectivity index (χ0n) is 17.7. The Kier molecular flexibility index (Phi) is 6.01. The lowest BCUT2D eigenvalue weighted by Crippen LogP contribution is -2.12. The predicted octanol–water partition coefficient (Wildman–Crippen LogP) is 5.74. The number of azo groups is 1. The molecular formula is C23H15N5O7. The molecule has 0 fully saturated rings. The van der Waals surface area contributed by atoms with Crippen LogP contribution in [0.3, 0.4) is 0 Å². The number of nitro benzene ring substituents is 2. The highest BCUT2D eigenvalue weighted by Crippen LogP contribution is 2.43. The summed E-state index contributed by atoms with van der Waals surface area (Å²) < 4.78 is 0. The SMILES string of the molecule is O=C(Nc1ccccc1)c1cc2ccccc2c(N=Nc2cc([N+](=O)[O-])cc([N+](=O)[O-])c2O)c1O. The van der Waals surface area contributed by atoms with E-state index in [2.05, 4.69) is 15.5 Å². The Labute approximate surface area is 196 Å². The summed E-state index contributed by atoms with van der Waals surface area (Å²) in [7, 11) is 0. The molecule has 0 spiro atoms. The molecule has 3 N–H and O–H groups in total. The molecule has 0 heterocycles. The van der Waals surface area contributed by atoms with E-state index in [1.807, 2.05) is 0 Å². The van der Waals surface area contributed by atoms with Crippen LogP contribution in [0.4, 0.5) is 28.4 Å². The molecule has 4 aromatic rings. The molecular weight excluding hydrogens is 458 g/mol. The largest absolute Gasteiger partial charge is 0.505 e. The Bertz CT molecular complexity index is 1520. The maximum absolute atomic E-state index is 12.9. The van der Waals surface area contributed by atoms with Gasteiger partial charge in [-0.1, -0.05) is 42.5 Å². The van der Waals surface area contributed by atoms with Crippen molar-refractivity contribution in [3.8, 4) is 11.5 Å². The first-order valence-corrected chi connectivity index (χ1v) is 9.95. The molecule has 0 unspecified atom stereocenters. The zero-order chi connectivity index (χ0) is 25.1. The van der Waals surface area contributed by atoms with Gasteiger partial charge in [-0.3, -0.25) is 25.0 Å². The number of para-hydroxylation sites is 1. The molecule has 0 atom stereocenters. The minimum absolute atomic E-state index is 0.129. The van der Waals surface area contributed by atoms with Crippen molar-refractivity contribution >= 4 is 45.1 Å². The molecule has 0 aromatic heterocycles. The smallest absolute Gasteiger partial charge is 0.319 e. The standard InChI is InChI=1S/C23H15N5O7/c29-21-17(23(31)24-14-7-2-1-3-8-14)10-13-6-4-5-9-16(13)20(21)26-25-18-11-15(27(32)33)12-19(22(18)30)28(34)35/h1-12,29-30H,(H,24,31). The highest BCUT2D eigenvalue weighted by molar-refractivity contribution is 6.11. The van der Waals surface area contributed by atoms with Crippen molar-refractivity contribution in [3.05, 3.63) is 98.6 Å². The number of nitro groups is 2. The van der Waals surface area contributed by atoms with E-state index in [-0.39, 0.29) is 11.3 Å². The zero-order valence-corrected chi connectivity index (χ0v) is 17.7. The summed E-state index contributed by atoms with van der Waals surface area (Å²) in [6.45, 7) is 0. The van der Waals surface area contributed by atoms with Gasteiger partial charge >= 0.3 is 5.69 Å². The number of nitrogens with one attached hydrogen (secondary N) is 1. The second kappa shape index (κ2) is 9.23. The normalized spacial score (nSPS) is 11.0. The number of hydrogen-bond donors (Lipinski definition) is 3. The third kappa shape index (κ3) is 4.57. The Morgan fingerprint density at radius 3 is 2.20 bits per heavy atom. The summed E-state index contributed by atoms with van der Waals surface area (Å²) in [5.41, 5.74) is -1.99. The number of anilines is 1. The molecule has 0 bridgehead atoms. The molecule has 12 heteroatoms. The molecule has 1 amide bonds. The van der Waals surface area contributed by atoms with Crippen LogP contribution < -0.4 is 5.32 Å². The van der Waals surface area contributed by atoms with Gasteiger partial charge in [-0.25, -0.2) is 0 Å². The number of benzene rings is 4. The topological polar surface area (TPSA) is 181 Å². The first-order chi connectivity index (χ1) is 16.8. The van der Waals surface area contributed by atoms with Gasteiger partial charge in [0.15, 0.2) is 5.75 Å². The van der Waals surface area contributed by atoms with Crippen LogP contribution in [0.15, 0.2) is 83.0 Å². The van der Waals surface area contributed by atoms with E-state index < -0.39 is 44.3 Å². The molecule has 0 radical (unpaired) electrons. The summed E-state index contributed by atoms with van der Waals surface area (Å²) in [5, 5.41) is 54.6. The van der Waals surface area contributed by atoms with E-state index in [1.165, 1.54) is 6.07 Å². The second-order valence-corrected chi connectivity index (χ2v) is 7.21. The molecule has 0 saturated heterocycles. The summed E-state index contributed by atoms with van der Waals surface area (Å²) in [6, 6.07) is 18.0. The fraction of sp³-hybridized carbons (Fsp3) is 0. The van der Waals surface area contributed by atoms with Crippen LogP contribution in [0.5, 0.6) is 11.5 Å². The maximum Gasteiger partial charge on any atom is 0.319 e. The molecule has 4 rings (SSSR count). The predicted molar refractivity (Wildman–Crippen MR) is 126 cm³/mol. The number of non-ortho nitro benzene ring substituents is 1. The number of hydrogen-bond acceptors (Lipinski definition) is 9. The number of nitrogens with zero attached hydrogens (tertiary/aromatic N) is 4. The molecule has 174 valence electrons. The van der Waals surface area contributed by atoms with Crippen LogP contribution in [0, 0.1) is 20.2 Å². The summed E-state index contributed by atoms with van der Waals surface area (Å²) in [4.78, 5) is 33.3. The Balaban J connectivity index is 1.84. The molecule has 0 aliphatic rings. The average Bonchev–Trinajstić information content (AvgIpc) is 2.84. The van der Waals surface area contributed by atoms with Crippen molar-refractivity contribution < 1.29 is 24.9 Å². The maximum atomic E-state index is 12.9. The van der Waals surface area contributed by atoms with Crippen LogP contribution in [-0.2, 0) is 0 Å². The second-order valence-electron chi connectivity index (χ2n) is 7.21. The third-order valence-electron chi connectivity index (χ3n) is 4.99. The monoisotopic (exact) mass is 473 g/mol.